The Kier molecular flexibility index (Phi) is 7.28. The maximum atomic E-state index is 11.5. The number of carbonyl (C=O) groups is 1. The number of hydroxylamine groups is 1. The lowest BCUT2D eigenvalue weighted by Crippen LogP contribution is -2.29. The van der Waals surface area contributed by atoms with E-state index in [-0.39, 0.29) is 0 Å². The van der Waals surface area contributed by atoms with Crippen molar-refractivity contribution in [2.45, 2.75) is 17.7 Å². The topological polar surface area (TPSA) is 55.8 Å². The third-order valence-electron chi connectivity index (χ3n) is 4.67. The van der Waals surface area contributed by atoms with Crippen LogP contribution in [-0.2, 0) is 4.79 Å². The van der Waals surface area contributed by atoms with Crippen molar-refractivity contribution in [3.63, 3.8) is 0 Å². The lowest BCUT2D eigenvalue weighted by Gasteiger charge is -2.24. The number of nitrogens with zero attached hydrogens (tertiary/aromatic N) is 2. The summed E-state index contributed by atoms with van der Waals surface area (Å²) < 4.78 is 2.22. The molecule has 0 saturated heterocycles. The molecule has 1 aliphatic heterocycles. The summed E-state index contributed by atoms with van der Waals surface area (Å²) >= 11 is 1.70. The minimum Gasteiger partial charge on any atom is -0.305 e. The third kappa shape index (κ3) is 5.45. The molecule has 0 radical (unpaired) electrons. The maximum absolute atomic E-state index is 11.5. The Morgan fingerprint density at radius 1 is 1.21 bits per heavy atom. The van der Waals surface area contributed by atoms with E-state index in [0.717, 1.165) is 19.5 Å². The molecule has 0 saturated carbocycles. The zero-order valence-electron chi connectivity index (χ0n) is 16.4. The zero-order chi connectivity index (χ0) is 19.9. The number of rotatable bonds is 6. The van der Waals surface area contributed by atoms with Crippen molar-refractivity contribution in [2.24, 2.45) is 0 Å². The Balaban J connectivity index is 1.70. The van der Waals surface area contributed by atoms with Gasteiger partial charge in [-0.25, -0.2) is 9.79 Å². The molecule has 1 heterocycles. The van der Waals surface area contributed by atoms with Crippen LogP contribution in [0.4, 0.5) is 0 Å². The highest BCUT2D eigenvalue weighted by atomic mass is 32.2. The SMILES string of the molecule is CN(C)CC1=C(c2ccc(SN3CC=C(C(=O)NO)CC3)cc2)C=CCC=C1. The molecule has 1 amide bonds. The smallest absolute Gasteiger partial charge is 0.270 e. The minimum absolute atomic E-state index is 0.402. The highest BCUT2D eigenvalue weighted by molar-refractivity contribution is 7.97. The molecule has 0 unspecified atom stereocenters. The second-order valence-corrected chi connectivity index (χ2v) is 8.31. The molecule has 0 atom stereocenters. The molecule has 148 valence electrons. The molecule has 1 aromatic carbocycles. The van der Waals surface area contributed by atoms with Crippen molar-refractivity contribution in [2.75, 3.05) is 33.7 Å². The van der Waals surface area contributed by atoms with Gasteiger partial charge in [0.05, 0.1) is 0 Å². The van der Waals surface area contributed by atoms with E-state index in [1.54, 1.807) is 17.4 Å². The molecular formula is C22H27N3O2S. The van der Waals surface area contributed by atoms with Gasteiger partial charge in [-0.3, -0.25) is 10.0 Å². The molecule has 6 heteroatoms. The summed E-state index contributed by atoms with van der Waals surface area (Å²) in [6.07, 6.45) is 12.3. The summed E-state index contributed by atoms with van der Waals surface area (Å²) in [4.78, 5) is 14.8. The molecule has 0 fully saturated rings. The van der Waals surface area contributed by atoms with Gasteiger partial charge < -0.3 is 4.90 Å². The van der Waals surface area contributed by atoms with Crippen molar-refractivity contribution < 1.29 is 10.0 Å². The van der Waals surface area contributed by atoms with Gasteiger partial charge in [-0.05, 0) is 67.7 Å². The summed E-state index contributed by atoms with van der Waals surface area (Å²) in [6, 6.07) is 8.67. The first-order valence-corrected chi connectivity index (χ1v) is 10.2. The van der Waals surface area contributed by atoms with E-state index in [4.69, 9.17) is 5.21 Å². The molecule has 1 aromatic rings. The second kappa shape index (κ2) is 9.89. The number of allylic oxidation sites excluding steroid dienone is 4. The van der Waals surface area contributed by atoms with E-state index >= 15 is 0 Å². The Morgan fingerprint density at radius 3 is 2.61 bits per heavy atom. The van der Waals surface area contributed by atoms with Crippen molar-refractivity contribution >= 4 is 23.4 Å². The Bertz CT molecular complexity index is 823. The van der Waals surface area contributed by atoms with Crippen LogP contribution < -0.4 is 5.48 Å². The molecule has 0 spiro atoms. The molecule has 0 aromatic heterocycles. The zero-order valence-corrected chi connectivity index (χ0v) is 17.2. The van der Waals surface area contributed by atoms with Crippen molar-refractivity contribution in [3.8, 4) is 0 Å². The van der Waals surface area contributed by atoms with Gasteiger partial charge in [-0.1, -0.05) is 42.5 Å². The van der Waals surface area contributed by atoms with Gasteiger partial charge in [0, 0.05) is 30.1 Å². The van der Waals surface area contributed by atoms with Gasteiger partial charge in [0.1, 0.15) is 0 Å². The predicted molar refractivity (Wildman–Crippen MR) is 115 cm³/mol. The Morgan fingerprint density at radius 2 is 1.96 bits per heavy atom. The standard InChI is InChI=1S/C22H27N3O2S/c1-24(2)16-19-6-4-3-5-7-21(19)17-8-10-20(11-9-17)28-25-14-12-18(13-15-25)22(26)23-27/h4-12,27H,3,13-16H2,1-2H3,(H,23,26). The number of hydrogen-bond donors (Lipinski definition) is 2. The minimum atomic E-state index is -0.402. The fourth-order valence-electron chi connectivity index (χ4n) is 3.29. The number of benzene rings is 1. The van der Waals surface area contributed by atoms with E-state index in [0.29, 0.717) is 18.5 Å². The van der Waals surface area contributed by atoms with Gasteiger partial charge >= 0.3 is 0 Å². The highest BCUT2D eigenvalue weighted by Crippen LogP contribution is 2.29. The molecular weight excluding hydrogens is 370 g/mol. The largest absolute Gasteiger partial charge is 0.305 e. The van der Waals surface area contributed by atoms with E-state index in [2.05, 4.69) is 71.9 Å². The van der Waals surface area contributed by atoms with E-state index in [1.807, 2.05) is 6.08 Å². The number of hydrogen-bond acceptors (Lipinski definition) is 5. The van der Waals surface area contributed by atoms with E-state index in [9.17, 15) is 4.79 Å². The molecule has 2 N–H and O–H groups in total. The first-order chi connectivity index (χ1) is 13.6. The average Bonchev–Trinajstić information content (AvgIpc) is 2.93. The molecule has 0 bridgehead atoms. The van der Waals surface area contributed by atoms with E-state index in [1.165, 1.54) is 21.6 Å². The van der Waals surface area contributed by atoms with Crippen LogP contribution in [0.3, 0.4) is 0 Å². The van der Waals surface area contributed by atoms with Crippen LogP contribution in [-0.4, -0.2) is 54.0 Å². The first kappa shape index (κ1) is 20.6. The third-order valence-corrected chi connectivity index (χ3v) is 5.75. The van der Waals surface area contributed by atoms with Crippen molar-refractivity contribution in [3.05, 3.63) is 71.4 Å². The van der Waals surface area contributed by atoms with Crippen LogP contribution in [0.25, 0.3) is 5.57 Å². The number of carbonyl (C=O) groups excluding carboxylic acids is 1. The fourth-order valence-corrected chi connectivity index (χ4v) is 4.18. The lowest BCUT2D eigenvalue weighted by molar-refractivity contribution is -0.125. The summed E-state index contributed by atoms with van der Waals surface area (Å²) in [5, 5.41) is 8.73. The Hall–Kier alpha value is -2.12. The van der Waals surface area contributed by atoms with Crippen LogP contribution in [0.15, 0.2) is 70.7 Å². The first-order valence-electron chi connectivity index (χ1n) is 9.44. The maximum Gasteiger partial charge on any atom is 0.270 e. The predicted octanol–water partition coefficient (Wildman–Crippen LogP) is 3.66. The van der Waals surface area contributed by atoms with Gasteiger partial charge in [0.15, 0.2) is 0 Å². The second-order valence-electron chi connectivity index (χ2n) is 7.14. The highest BCUT2D eigenvalue weighted by Gasteiger charge is 2.17. The average molecular weight is 398 g/mol. The number of nitrogens with one attached hydrogen (secondary N) is 1. The molecule has 3 rings (SSSR count). The monoisotopic (exact) mass is 397 g/mol. The van der Waals surface area contributed by atoms with Gasteiger partial charge in [0.2, 0.25) is 0 Å². The molecule has 28 heavy (non-hydrogen) atoms. The van der Waals surface area contributed by atoms with Gasteiger partial charge in [-0.2, -0.15) is 0 Å². The van der Waals surface area contributed by atoms with Crippen molar-refractivity contribution in [1.82, 2.24) is 14.7 Å². The molecule has 1 aliphatic carbocycles. The van der Waals surface area contributed by atoms with Crippen molar-refractivity contribution in [1.29, 1.82) is 0 Å². The summed E-state index contributed by atoms with van der Waals surface area (Å²) in [5.41, 5.74) is 6.18. The van der Waals surface area contributed by atoms with Gasteiger partial charge in [-0.15, -0.1) is 0 Å². The van der Waals surface area contributed by atoms with Gasteiger partial charge in [0.25, 0.3) is 5.91 Å². The number of amides is 1. The quantitative estimate of drug-likeness (QED) is 0.436. The van der Waals surface area contributed by atoms with Crippen LogP contribution in [0.2, 0.25) is 0 Å². The van der Waals surface area contributed by atoms with Crippen LogP contribution in [0.1, 0.15) is 18.4 Å². The fraction of sp³-hybridized carbons (Fsp3) is 0.318. The molecule has 2 aliphatic rings. The normalized spacial score (nSPS) is 17.6. The van der Waals surface area contributed by atoms with Crippen LogP contribution >= 0.6 is 11.9 Å². The van der Waals surface area contributed by atoms with Crippen LogP contribution in [0.5, 0.6) is 0 Å². The summed E-state index contributed by atoms with van der Waals surface area (Å²) in [5.74, 6) is -0.402. The molecule has 5 nitrogen and oxygen atoms in total. The summed E-state index contributed by atoms with van der Waals surface area (Å²) in [7, 11) is 4.19. The number of likely N-dealkylation sites (N-methyl/N-ethyl adjacent to an activating group) is 1. The lowest BCUT2D eigenvalue weighted by atomic mass is 9.99. The Labute approximate surface area is 171 Å². The van der Waals surface area contributed by atoms with E-state index < -0.39 is 5.91 Å². The summed E-state index contributed by atoms with van der Waals surface area (Å²) in [6.45, 7) is 2.37. The van der Waals surface area contributed by atoms with Crippen LogP contribution in [0, 0.1) is 0 Å².